The smallest absolute Gasteiger partial charge is 0.00684 e. The van der Waals surface area contributed by atoms with E-state index in [1.807, 2.05) is 0 Å². The van der Waals surface area contributed by atoms with E-state index in [0.29, 0.717) is 5.41 Å². The van der Waals surface area contributed by atoms with E-state index in [1.54, 1.807) is 0 Å². The van der Waals surface area contributed by atoms with Crippen LogP contribution in [0.5, 0.6) is 0 Å². The fourth-order valence-corrected chi connectivity index (χ4v) is 2.61. The van der Waals surface area contributed by atoms with Gasteiger partial charge in [-0.15, -0.1) is 0 Å². The molecule has 1 atom stereocenters. The van der Waals surface area contributed by atoms with E-state index in [-0.39, 0.29) is 5.41 Å². The molecule has 2 rings (SSSR count). The molecule has 1 aliphatic rings. The largest absolute Gasteiger partial charge is 0.313 e. The lowest BCUT2D eigenvalue weighted by molar-refractivity contribution is 0.289. The minimum absolute atomic E-state index is 0.250. The van der Waals surface area contributed by atoms with Crippen LogP contribution in [0, 0.1) is 5.41 Å². The van der Waals surface area contributed by atoms with Gasteiger partial charge in [0.1, 0.15) is 0 Å². The fourth-order valence-electron chi connectivity index (χ4n) is 2.61. The molecular weight excluding hydrogens is 242 g/mol. The van der Waals surface area contributed by atoms with Crippen molar-refractivity contribution in [3.05, 3.63) is 35.4 Å². The Morgan fingerprint density at radius 1 is 1.05 bits per heavy atom. The molecule has 0 amide bonds. The molecule has 1 unspecified atom stereocenters. The maximum atomic E-state index is 3.70. The van der Waals surface area contributed by atoms with E-state index in [0.717, 1.165) is 12.6 Å². The van der Waals surface area contributed by atoms with Crippen molar-refractivity contribution in [3.63, 3.8) is 0 Å². The minimum atomic E-state index is 0.250. The van der Waals surface area contributed by atoms with Gasteiger partial charge < -0.3 is 5.32 Å². The Labute approximate surface area is 125 Å². The molecule has 0 saturated heterocycles. The second kappa shape index (κ2) is 5.89. The summed E-state index contributed by atoms with van der Waals surface area (Å²) in [6.45, 7) is 12.7. The summed E-state index contributed by atoms with van der Waals surface area (Å²) in [6.07, 6.45) is 5.15. The van der Waals surface area contributed by atoms with Crippen molar-refractivity contribution in [2.24, 2.45) is 5.41 Å². The SMILES string of the molecule is CCC(C)(CNC1CC1)Cc1ccc(C(C)(C)C)cc1. The number of benzene rings is 1. The molecule has 1 N–H and O–H groups in total. The normalized spacial score (nSPS) is 18.9. The molecule has 1 heteroatoms. The van der Waals surface area contributed by atoms with E-state index in [2.05, 4.69) is 64.2 Å². The molecule has 1 saturated carbocycles. The monoisotopic (exact) mass is 273 g/mol. The molecule has 0 radical (unpaired) electrons. The number of nitrogens with one attached hydrogen (secondary N) is 1. The van der Waals surface area contributed by atoms with Crippen molar-refractivity contribution in [3.8, 4) is 0 Å². The Morgan fingerprint density at radius 2 is 1.65 bits per heavy atom. The molecule has 0 spiro atoms. The summed E-state index contributed by atoms with van der Waals surface area (Å²) in [5.41, 5.74) is 3.53. The highest BCUT2D eigenvalue weighted by Crippen LogP contribution is 2.29. The van der Waals surface area contributed by atoms with Gasteiger partial charge in [-0.05, 0) is 47.6 Å². The molecule has 0 aromatic heterocycles. The van der Waals surface area contributed by atoms with Gasteiger partial charge in [0.25, 0.3) is 0 Å². The molecule has 20 heavy (non-hydrogen) atoms. The third-order valence-electron chi connectivity index (χ3n) is 4.70. The average Bonchev–Trinajstić information content (AvgIpc) is 3.20. The molecule has 1 aliphatic carbocycles. The first-order chi connectivity index (χ1) is 9.32. The van der Waals surface area contributed by atoms with Crippen molar-refractivity contribution in [1.82, 2.24) is 5.32 Å². The first-order valence-electron chi connectivity index (χ1n) is 8.15. The summed E-state index contributed by atoms with van der Waals surface area (Å²) < 4.78 is 0. The van der Waals surface area contributed by atoms with Gasteiger partial charge in [0.15, 0.2) is 0 Å². The lowest BCUT2D eigenvalue weighted by atomic mass is 9.80. The summed E-state index contributed by atoms with van der Waals surface area (Å²) in [5, 5.41) is 3.70. The molecule has 0 aliphatic heterocycles. The van der Waals surface area contributed by atoms with Crippen LogP contribution in [0.3, 0.4) is 0 Å². The predicted molar refractivity (Wildman–Crippen MR) is 88.3 cm³/mol. The van der Waals surface area contributed by atoms with Crippen molar-refractivity contribution in [2.45, 2.75) is 71.8 Å². The van der Waals surface area contributed by atoms with Gasteiger partial charge in [0, 0.05) is 12.6 Å². The number of rotatable bonds is 6. The molecule has 0 bridgehead atoms. The first kappa shape index (κ1) is 15.6. The van der Waals surface area contributed by atoms with Crippen molar-refractivity contribution < 1.29 is 0 Å². The summed E-state index contributed by atoms with van der Waals surface area (Å²) >= 11 is 0. The average molecular weight is 273 g/mol. The topological polar surface area (TPSA) is 12.0 Å². The Morgan fingerprint density at radius 3 is 2.10 bits per heavy atom. The van der Waals surface area contributed by atoms with Gasteiger partial charge in [0.2, 0.25) is 0 Å². The van der Waals surface area contributed by atoms with Crippen LogP contribution in [0.15, 0.2) is 24.3 Å². The van der Waals surface area contributed by atoms with Crippen molar-refractivity contribution in [2.75, 3.05) is 6.54 Å². The molecule has 1 fully saturated rings. The third kappa shape index (κ3) is 4.34. The van der Waals surface area contributed by atoms with Crippen LogP contribution >= 0.6 is 0 Å². The van der Waals surface area contributed by atoms with E-state index in [9.17, 15) is 0 Å². The zero-order valence-electron chi connectivity index (χ0n) is 13.9. The van der Waals surface area contributed by atoms with Crippen LogP contribution in [0.1, 0.15) is 65.0 Å². The van der Waals surface area contributed by atoms with Crippen LogP contribution < -0.4 is 5.32 Å². The fraction of sp³-hybridized carbons (Fsp3) is 0.684. The minimum Gasteiger partial charge on any atom is -0.313 e. The second-order valence-corrected chi connectivity index (χ2v) is 7.94. The molecule has 1 aromatic carbocycles. The van der Waals surface area contributed by atoms with Crippen LogP contribution in [0.25, 0.3) is 0 Å². The highest BCUT2D eigenvalue weighted by atomic mass is 15.0. The standard InChI is InChI=1S/C19H31N/c1-6-19(5,14-20-17-11-12-17)13-15-7-9-16(10-8-15)18(2,3)4/h7-10,17,20H,6,11-14H2,1-5H3. The second-order valence-electron chi connectivity index (χ2n) is 7.94. The Bertz CT molecular complexity index is 422. The zero-order chi connectivity index (χ0) is 14.8. The zero-order valence-corrected chi connectivity index (χ0v) is 13.9. The maximum absolute atomic E-state index is 3.70. The van der Waals surface area contributed by atoms with Gasteiger partial charge in [-0.1, -0.05) is 58.9 Å². The van der Waals surface area contributed by atoms with Crippen molar-refractivity contribution >= 4 is 0 Å². The van der Waals surface area contributed by atoms with E-state index < -0.39 is 0 Å². The summed E-state index contributed by atoms with van der Waals surface area (Å²) in [5.74, 6) is 0. The van der Waals surface area contributed by atoms with Gasteiger partial charge >= 0.3 is 0 Å². The van der Waals surface area contributed by atoms with Gasteiger partial charge in [-0.2, -0.15) is 0 Å². The van der Waals surface area contributed by atoms with Crippen LogP contribution in [-0.4, -0.2) is 12.6 Å². The van der Waals surface area contributed by atoms with Crippen molar-refractivity contribution in [1.29, 1.82) is 0 Å². The first-order valence-corrected chi connectivity index (χ1v) is 8.15. The summed E-state index contributed by atoms with van der Waals surface area (Å²) in [4.78, 5) is 0. The highest BCUT2D eigenvalue weighted by molar-refractivity contribution is 5.28. The third-order valence-corrected chi connectivity index (χ3v) is 4.70. The van der Waals surface area contributed by atoms with Gasteiger partial charge in [-0.3, -0.25) is 0 Å². The van der Waals surface area contributed by atoms with E-state index >= 15 is 0 Å². The molecule has 0 heterocycles. The summed E-state index contributed by atoms with van der Waals surface area (Å²) in [6, 6.07) is 10.1. The lowest BCUT2D eigenvalue weighted by Gasteiger charge is -2.29. The number of hydrogen-bond donors (Lipinski definition) is 1. The van der Waals surface area contributed by atoms with E-state index in [4.69, 9.17) is 0 Å². The van der Waals surface area contributed by atoms with E-state index in [1.165, 1.54) is 36.8 Å². The lowest BCUT2D eigenvalue weighted by Crippen LogP contribution is -2.34. The molecule has 1 aromatic rings. The molecule has 1 nitrogen and oxygen atoms in total. The quantitative estimate of drug-likeness (QED) is 0.792. The Balaban J connectivity index is 1.99. The predicted octanol–water partition coefficient (Wildman–Crippen LogP) is 4.69. The highest BCUT2D eigenvalue weighted by Gasteiger charge is 2.27. The summed E-state index contributed by atoms with van der Waals surface area (Å²) in [7, 11) is 0. The van der Waals surface area contributed by atoms with Crippen LogP contribution in [0.2, 0.25) is 0 Å². The Kier molecular flexibility index (Phi) is 4.59. The number of hydrogen-bond acceptors (Lipinski definition) is 1. The van der Waals surface area contributed by atoms with Gasteiger partial charge in [-0.25, -0.2) is 0 Å². The molecule has 112 valence electrons. The van der Waals surface area contributed by atoms with Crippen LogP contribution in [0.4, 0.5) is 0 Å². The maximum Gasteiger partial charge on any atom is 0.00684 e. The Hall–Kier alpha value is -0.820. The van der Waals surface area contributed by atoms with Crippen LogP contribution in [-0.2, 0) is 11.8 Å². The van der Waals surface area contributed by atoms with Gasteiger partial charge in [0.05, 0.1) is 0 Å². The molecular formula is C19H31N.